The van der Waals surface area contributed by atoms with Gasteiger partial charge in [0, 0.05) is 12.8 Å². The maximum atomic E-state index is 11.2. The molecule has 0 unspecified atom stereocenters. The van der Waals surface area contributed by atoms with Crippen LogP contribution in [0, 0.1) is 5.92 Å². The van der Waals surface area contributed by atoms with Gasteiger partial charge in [0.1, 0.15) is 6.29 Å². The van der Waals surface area contributed by atoms with Crippen LogP contribution in [0.4, 0.5) is 0 Å². The molecule has 0 aliphatic heterocycles. The summed E-state index contributed by atoms with van der Waals surface area (Å²) in [6, 6.07) is -0.634. The lowest BCUT2D eigenvalue weighted by atomic mass is 10.0. The van der Waals surface area contributed by atoms with Gasteiger partial charge >= 0.3 is 0 Å². The Morgan fingerprint density at radius 3 is 2.29 bits per heavy atom. The van der Waals surface area contributed by atoms with E-state index in [0.29, 0.717) is 6.29 Å². The normalized spacial score (nSPS) is 12.6. The molecular formula is C10H17NO3. The average molecular weight is 199 g/mol. The number of hydrogen-bond acceptors (Lipinski definition) is 4. The molecule has 4 heteroatoms. The molecule has 14 heavy (non-hydrogen) atoms. The minimum atomic E-state index is -0.634. The summed E-state index contributed by atoms with van der Waals surface area (Å²) >= 11 is 0. The summed E-state index contributed by atoms with van der Waals surface area (Å²) in [6.07, 6.45) is 1.19. The Morgan fingerprint density at radius 2 is 1.86 bits per heavy atom. The first kappa shape index (κ1) is 13.0. The second-order valence-corrected chi connectivity index (χ2v) is 3.78. The van der Waals surface area contributed by atoms with Crippen LogP contribution in [0.2, 0.25) is 0 Å². The van der Waals surface area contributed by atoms with Gasteiger partial charge in [-0.2, -0.15) is 0 Å². The summed E-state index contributed by atoms with van der Waals surface area (Å²) in [5.41, 5.74) is 5.29. The lowest BCUT2D eigenvalue weighted by Gasteiger charge is -2.04. The van der Waals surface area contributed by atoms with Gasteiger partial charge in [-0.25, -0.2) is 0 Å². The molecule has 0 radical (unpaired) electrons. The molecule has 0 saturated heterocycles. The number of Topliss-reactive ketones (excluding diaryl/α,β-unsaturated/α-hetero) is 2. The van der Waals surface area contributed by atoms with Crippen molar-refractivity contribution in [3.05, 3.63) is 0 Å². The first-order valence-corrected chi connectivity index (χ1v) is 4.74. The van der Waals surface area contributed by atoms with Gasteiger partial charge in [0.15, 0.2) is 11.6 Å². The van der Waals surface area contributed by atoms with E-state index in [1.807, 2.05) is 13.8 Å². The Labute approximate surface area is 83.8 Å². The largest absolute Gasteiger partial charge is 0.322 e. The predicted octanol–water partition coefficient (Wildman–Crippen LogP) is 0.477. The molecule has 0 saturated carbocycles. The molecule has 0 rings (SSSR count). The van der Waals surface area contributed by atoms with Crippen molar-refractivity contribution in [2.45, 2.75) is 39.2 Å². The highest BCUT2D eigenvalue weighted by molar-refractivity contribution is 6.37. The zero-order valence-corrected chi connectivity index (χ0v) is 8.66. The Hall–Kier alpha value is -1.03. The van der Waals surface area contributed by atoms with E-state index < -0.39 is 11.8 Å². The first-order valence-electron chi connectivity index (χ1n) is 4.74. The highest BCUT2D eigenvalue weighted by Gasteiger charge is 2.15. The number of aldehydes is 1. The quantitative estimate of drug-likeness (QED) is 0.478. The van der Waals surface area contributed by atoms with Crippen LogP contribution in [-0.4, -0.2) is 23.9 Å². The maximum Gasteiger partial charge on any atom is 0.198 e. The van der Waals surface area contributed by atoms with Crippen molar-refractivity contribution < 1.29 is 14.4 Å². The molecule has 1 atom stereocenters. The highest BCUT2D eigenvalue weighted by atomic mass is 16.2. The van der Waals surface area contributed by atoms with Crippen LogP contribution in [0.25, 0.3) is 0 Å². The van der Waals surface area contributed by atoms with Crippen LogP contribution in [0.15, 0.2) is 0 Å². The van der Waals surface area contributed by atoms with Gasteiger partial charge in [-0.3, -0.25) is 9.59 Å². The minimum absolute atomic E-state index is 0.0749. The van der Waals surface area contributed by atoms with Crippen LogP contribution >= 0.6 is 0 Å². The molecule has 0 aliphatic rings. The lowest BCUT2D eigenvalue weighted by Crippen LogP contribution is -2.24. The van der Waals surface area contributed by atoms with Crippen molar-refractivity contribution in [3.8, 4) is 0 Å². The SMILES string of the molecule is CC(C)CC(=O)C(=O)CC[C@H](N)C=O. The molecule has 0 fully saturated rings. The molecule has 0 amide bonds. The molecule has 80 valence electrons. The molecular weight excluding hydrogens is 182 g/mol. The Morgan fingerprint density at radius 1 is 1.29 bits per heavy atom. The molecule has 0 spiro atoms. The van der Waals surface area contributed by atoms with Gasteiger partial charge in [0.05, 0.1) is 6.04 Å². The van der Waals surface area contributed by atoms with Crippen molar-refractivity contribution >= 4 is 17.9 Å². The van der Waals surface area contributed by atoms with Crippen LogP contribution in [0.1, 0.15) is 33.1 Å². The van der Waals surface area contributed by atoms with Gasteiger partial charge in [-0.15, -0.1) is 0 Å². The summed E-state index contributed by atoms with van der Waals surface area (Å²) < 4.78 is 0. The topological polar surface area (TPSA) is 77.2 Å². The van der Waals surface area contributed by atoms with E-state index >= 15 is 0 Å². The number of carbonyl (C=O) groups is 3. The van der Waals surface area contributed by atoms with Gasteiger partial charge in [-0.05, 0) is 12.3 Å². The fourth-order valence-corrected chi connectivity index (χ4v) is 0.990. The van der Waals surface area contributed by atoms with Crippen LogP contribution < -0.4 is 5.73 Å². The predicted molar refractivity (Wildman–Crippen MR) is 52.7 cm³/mol. The van der Waals surface area contributed by atoms with E-state index in [1.165, 1.54) is 0 Å². The fraction of sp³-hybridized carbons (Fsp3) is 0.700. The first-order chi connectivity index (χ1) is 6.47. The van der Waals surface area contributed by atoms with Gasteiger partial charge in [0.2, 0.25) is 0 Å². The number of ketones is 2. The summed E-state index contributed by atoms with van der Waals surface area (Å²) in [5, 5.41) is 0. The average Bonchev–Trinajstić information content (AvgIpc) is 2.12. The second-order valence-electron chi connectivity index (χ2n) is 3.78. The number of hydrogen-bond donors (Lipinski definition) is 1. The molecule has 0 aliphatic carbocycles. The third-order valence-corrected chi connectivity index (χ3v) is 1.78. The molecule has 0 aromatic rings. The zero-order valence-electron chi connectivity index (χ0n) is 8.66. The standard InChI is InChI=1S/C10H17NO3/c1-7(2)5-10(14)9(13)4-3-8(11)6-12/h6-8H,3-5,11H2,1-2H3/t8-/m0/s1. The Kier molecular flexibility index (Phi) is 5.95. The summed E-state index contributed by atoms with van der Waals surface area (Å²) in [5.74, 6) is -0.597. The van der Waals surface area contributed by atoms with Gasteiger partial charge in [0.25, 0.3) is 0 Å². The molecule has 2 N–H and O–H groups in total. The van der Waals surface area contributed by atoms with Gasteiger partial charge in [-0.1, -0.05) is 13.8 Å². The minimum Gasteiger partial charge on any atom is -0.322 e. The van der Waals surface area contributed by atoms with E-state index in [2.05, 4.69) is 0 Å². The van der Waals surface area contributed by atoms with Crippen LogP contribution in [-0.2, 0) is 14.4 Å². The molecule has 0 aromatic heterocycles. The summed E-state index contributed by atoms with van der Waals surface area (Å²) in [7, 11) is 0. The highest BCUT2D eigenvalue weighted by Crippen LogP contribution is 2.04. The third kappa shape index (κ3) is 5.59. The number of carbonyl (C=O) groups excluding carboxylic acids is 3. The van der Waals surface area contributed by atoms with Crippen LogP contribution in [0.5, 0.6) is 0 Å². The van der Waals surface area contributed by atoms with E-state index in [4.69, 9.17) is 5.73 Å². The smallest absolute Gasteiger partial charge is 0.198 e. The fourth-order valence-electron chi connectivity index (χ4n) is 0.990. The summed E-state index contributed by atoms with van der Waals surface area (Å²) in [6.45, 7) is 3.75. The molecule has 4 nitrogen and oxygen atoms in total. The summed E-state index contributed by atoms with van der Waals surface area (Å²) in [4.78, 5) is 32.5. The van der Waals surface area contributed by atoms with Gasteiger partial charge < -0.3 is 10.5 Å². The van der Waals surface area contributed by atoms with E-state index in [9.17, 15) is 14.4 Å². The molecule has 0 aromatic carbocycles. The lowest BCUT2D eigenvalue weighted by molar-refractivity contribution is -0.137. The van der Waals surface area contributed by atoms with Crippen LogP contribution in [0.3, 0.4) is 0 Å². The molecule has 0 heterocycles. The number of rotatable bonds is 7. The third-order valence-electron chi connectivity index (χ3n) is 1.78. The monoisotopic (exact) mass is 199 g/mol. The van der Waals surface area contributed by atoms with E-state index in [0.717, 1.165) is 0 Å². The van der Waals surface area contributed by atoms with Crippen molar-refractivity contribution in [2.24, 2.45) is 11.7 Å². The zero-order chi connectivity index (χ0) is 11.1. The van der Waals surface area contributed by atoms with E-state index in [1.54, 1.807) is 0 Å². The van der Waals surface area contributed by atoms with Crippen molar-refractivity contribution in [1.29, 1.82) is 0 Å². The van der Waals surface area contributed by atoms with E-state index in [-0.39, 0.29) is 31.0 Å². The van der Waals surface area contributed by atoms with Crippen molar-refractivity contribution in [2.75, 3.05) is 0 Å². The van der Waals surface area contributed by atoms with Crippen molar-refractivity contribution in [3.63, 3.8) is 0 Å². The molecule has 0 bridgehead atoms. The Balaban J connectivity index is 3.84. The maximum absolute atomic E-state index is 11.2. The number of nitrogens with two attached hydrogens (primary N) is 1. The van der Waals surface area contributed by atoms with Crippen molar-refractivity contribution in [1.82, 2.24) is 0 Å². The Bertz CT molecular complexity index is 223. The second kappa shape index (κ2) is 6.43.